The molecule has 2 aromatic rings. The number of carbonyl (C=O) groups is 2. The van der Waals surface area contributed by atoms with Crippen LogP contribution in [0.4, 0.5) is 0 Å². The van der Waals surface area contributed by atoms with E-state index in [0.717, 1.165) is 17.7 Å². The van der Waals surface area contributed by atoms with Gasteiger partial charge >= 0.3 is 0 Å². The molecule has 2 bridgehead atoms. The first-order valence-electron chi connectivity index (χ1n) is 9.94. The zero-order valence-corrected chi connectivity index (χ0v) is 17.2. The van der Waals surface area contributed by atoms with Crippen molar-refractivity contribution in [3.8, 4) is 0 Å². The van der Waals surface area contributed by atoms with Gasteiger partial charge in [0.05, 0.1) is 0 Å². The van der Waals surface area contributed by atoms with E-state index in [9.17, 15) is 14.4 Å². The van der Waals surface area contributed by atoms with Crippen LogP contribution in [0.15, 0.2) is 39.8 Å². The number of ether oxygens (including phenoxy) is 1. The number of nitrogens with zero attached hydrogens (tertiary/aromatic N) is 2. The standard InChI is InChI=1S/C21H25N3O4S/c1-2-28-12-19(26)23-10-15-8-16(11-23)20(24-17(15)4-3-5-18(24)25)21(27)22-9-14-6-7-29-13-14/h3-7,13,15-16,20H,2,8-12H2,1H3,(H,22,27)/t15-,16+,20+/m0/s1. The maximum atomic E-state index is 13.2. The number of thiophene rings is 1. The summed E-state index contributed by atoms with van der Waals surface area (Å²) in [7, 11) is 0. The van der Waals surface area contributed by atoms with Gasteiger partial charge in [-0.1, -0.05) is 6.07 Å². The molecule has 0 spiro atoms. The molecule has 0 aliphatic carbocycles. The molecule has 1 N–H and O–H groups in total. The highest BCUT2D eigenvalue weighted by Gasteiger charge is 2.44. The van der Waals surface area contributed by atoms with Gasteiger partial charge in [0.2, 0.25) is 11.8 Å². The van der Waals surface area contributed by atoms with Gasteiger partial charge in [0.1, 0.15) is 12.6 Å². The van der Waals surface area contributed by atoms with E-state index in [-0.39, 0.29) is 35.8 Å². The van der Waals surface area contributed by atoms with Gasteiger partial charge in [-0.2, -0.15) is 11.3 Å². The van der Waals surface area contributed by atoms with E-state index >= 15 is 0 Å². The summed E-state index contributed by atoms with van der Waals surface area (Å²) in [6.07, 6.45) is 0.790. The Bertz CT molecular complexity index is 940. The number of pyridine rings is 1. The van der Waals surface area contributed by atoms with E-state index in [4.69, 9.17) is 4.74 Å². The average Bonchev–Trinajstić information content (AvgIpc) is 3.24. The smallest absolute Gasteiger partial charge is 0.251 e. The van der Waals surface area contributed by atoms with Crippen LogP contribution in [0, 0.1) is 5.92 Å². The zero-order chi connectivity index (χ0) is 20.4. The van der Waals surface area contributed by atoms with Crippen molar-refractivity contribution < 1.29 is 14.3 Å². The fourth-order valence-corrected chi connectivity index (χ4v) is 5.11. The molecule has 2 aromatic heterocycles. The van der Waals surface area contributed by atoms with Gasteiger partial charge in [-0.25, -0.2) is 0 Å². The minimum atomic E-state index is -0.615. The van der Waals surface area contributed by atoms with E-state index in [1.165, 1.54) is 6.07 Å². The lowest BCUT2D eigenvalue weighted by molar-refractivity contribution is -0.141. The Morgan fingerprint density at radius 1 is 1.28 bits per heavy atom. The summed E-state index contributed by atoms with van der Waals surface area (Å²) in [5.74, 6) is -0.289. The van der Waals surface area contributed by atoms with Gasteiger partial charge in [-0.05, 0) is 41.8 Å². The molecule has 2 aliphatic rings. The van der Waals surface area contributed by atoms with Crippen molar-refractivity contribution in [3.63, 3.8) is 0 Å². The molecular formula is C21H25N3O4S. The molecule has 0 aromatic carbocycles. The number of hydrogen-bond donors (Lipinski definition) is 1. The zero-order valence-electron chi connectivity index (χ0n) is 16.4. The van der Waals surface area contributed by atoms with E-state index in [2.05, 4.69) is 5.32 Å². The fraction of sp³-hybridized carbons (Fsp3) is 0.476. The molecule has 7 nitrogen and oxygen atoms in total. The minimum absolute atomic E-state index is 0.0482. The predicted molar refractivity (Wildman–Crippen MR) is 110 cm³/mol. The minimum Gasteiger partial charge on any atom is -0.372 e. The van der Waals surface area contributed by atoms with Crippen LogP contribution >= 0.6 is 11.3 Å². The third-order valence-corrected chi connectivity index (χ3v) is 6.48. The van der Waals surface area contributed by atoms with Crippen LogP contribution in [0.2, 0.25) is 0 Å². The molecule has 8 heteroatoms. The lowest BCUT2D eigenvalue weighted by Crippen LogP contribution is -2.54. The van der Waals surface area contributed by atoms with Crippen LogP contribution in [-0.2, 0) is 20.9 Å². The van der Waals surface area contributed by atoms with Gasteiger partial charge in [-0.3, -0.25) is 19.0 Å². The normalized spacial score (nSPS) is 22.8. The first-order chi connectivity index (χ1) is 14.1. The van der Waals surface area contributed by atoms with E-state index in [0.29, 0.717) is 26.2 Å². The molecule has 29 heavy (non-hydrogen) atoms. The van der Waals surface area contributed by atoms with Gasteiger partial charge < -0.3 is 15.0 Å². The number of fused-ring (bicyclic) bond motifs is 4. The number of hydrogen-bond acceptors (Lipinski definition) is 5. The molecule has 4 heterocycles. The molecule has 4 rings (SSSR count). The summed E-state index contributed by atoms with van der Waals surface area (Å²) in [6, 6.07) is 6.49. The van der Waals surface area contributed by atoms with Crippen LogP contribution in [0.5, 0.6) is 0 Å². The van der Waals surface area contributed by atoms with Gasteiger partial charge in [0.15, 0.2) is 0 Å². The average molecular weight is 416 g/mol. The van der Waals surface area contributed by atoms with Crippen molar-refractivity contribution in [1.82, 2.24) is 14.8 Å². The summed E-state index contributed by atoms with van der Waals surface area (Å²) in [6.45, 7) is 3.83. The molecule has 154 valence electrons. The number of rotatable bonds is 6. The SMILES string of the molecule is CCOCC(=O)N1C[C@@H]2C[C@H](C1)[C@H](C(=O)NCc1ccsc1)n1c2cccc1=O. The number of nitrogens with one attached hydrogen (secondary N) is 1. The van der Waals surface area contributed by atoms with Crippen LogP contribution in [0.1, 0.15) is 36.6 Å². The topological polar surface area (TPSA) is 80.6 Å². The van der Waals surface area contributed by atoms with Gasteiger partial charge in [-0.15, -0.1) is 0 Å². The molecule has 0 saturated carbocycles. The lowest BCUT2D eigenvalue weighted by atomic mass is 9.78. The van der Waals surface area contributed by atoms with Crippen LogP contribution < -0.4 is 10.9 Å². The van der Waals surface area contributed by atoms with Gasteiger partial charge in [0.25, 0.3) is 5.56 Å². The Hall–Kier alpha value is -2.45. The second-order valence-corrected chi connectivity index (χ2v) is 8.36. The fourth-order valence-electron chi connectivity index (χ4n) is 4.44. The second-order valence-electron chi connectivity index (χ2n) is 7.58. The molecule has 2 amide bonds. The molecular weight excluding hydrogens is 390 g/mol. The Labute approximate surface area is 173 Å². The highest BCUT2D eigenvalue weighted by Crippen LogP contribution is 2.41. The predicted octanol–water partition coefficient (Wildman–Crippen LogP) is 1.75. The first-order valence-corrected chi connectivity index (χ1v) is 10.9. The Balaban J connectivity index is 1.61. The summed E-state index contributed by atoms with van der Waals surface area (Å²) < 4.78 is 6.93. The van der Waals surface area contributed by atoms with Crippen molar-refractivity contribution in [2.24, 2.45) is 5.92 Å². The maximum Gasteiger partial charge on any atom is 0.251 e. The van der Waals surface area contributed by atoms with Crippen molar-refractivity contribution in [2.45, 2.75) is 31.8 Å². The van der Waals surface area contributed by atoms with Crippen molar-refractivity contribution in [1.29, 1.82) is 0 Å². The van der Waals surface area contributed by atoms with Crippen molar-refractivity contribution in [3.05, 3.63) is 56.6 Å². The molecule has 3 atom stereocenters. The molecule has 2 aliphatic heterocycles. The van der Waals surface area contributed by atoms with E-state index in [1.54, 1.807) is 26.9 Å². The number of amides is 2. The third kappa shape index (κ3) is 4.00. The Morgan fingerprint density at radius 3 is 2.90 bits per heavy atom. The molecule has 0 unspecified atom stereocenters. The number of likely N-dealkylation sites (tertiary alicyclic amines) is 1. The molecule has 1 saturated heterocycles. The second kappa shape index (κ2) is 8.51. The van der Waals surface area contributed by atoms with Crippen LogP contribution in [-0.4, -0.2) is 47.6 Å². The highest BCUT2D eigenvalue weighted by atomic mass is 32.1. The summed E-state index contributed by atoms with van der Waals surface area (Å²) in [4.78, 5) is 40.2. The van der Waals surface area contributed by atoms with Crippen molar-refractivity contribution in [2.75, 3.05) is 26.3 Å². The van der Waals surface area contributed by atoms with E-state index < -0.39 is 6.04 Å². The Kier molecular flexibility index (Phi) is 5.82. The van der Waals surface area contributed by atoms with Gasteiger partial charge in [0, 0.05) is 49.8 Å². The summed E-state index contributed by atoms with van der Waals surface area (Å²) >= 11 is 1.58. The highest BCUT2D eigenvalue weighted by molar-refractivity contribution is 7.07. The summed E-state index contributed by atoms with van der Waals surface area (Å²) in [5, 5.41) is 6.94. The van der Waals surface area contributed by atoms with Crippen LogP contribution in [0.3, 0.4) is 0 Å². The monoisotopic (exact) mass is 415 g/mol. The van der Waals surface area contributed by atoms with Crippen LogP contribution in [0.25, 0.3) is 0 Å². The number of aromatic nitrogens is 1. The number of piperidine rings is 1. The number of carbonyl (C=O) groups excluding carboxylic acids is 2. The quantitative estimate of drug-likeness (QED) is 0.780. The first kappa shape index (κ1) is 19.8. The maximum absolute atomic E-state index is 13.2. The largest absolute Gasteiger partial charge is 0.372 e. The van der Waals surface area contributed by atoms with E-state index in [1.807, 2.05) is 29.8 Å². The molecule has 0 radical (unpaired) electrons. The Morgan fingerprint density at radius 2 is 2.14 bits per heavy atom. The lowest BCUT2D eigenvalue weighted by Gasteiger charge is -2.46. The van der Waals surface area contributed by atoms with Crippen molar-refractivity contribution >= 4 is 23.2 Å². The third-order valence-electron chi connectivity index (χ3n) is 5.75. The summed E-state index contributed by atoms with van der Waals surface area (Å²) in [5.41, 5.74) is 1.70. The molecule has 1 fully saturated rings.